The molecule has 33 heavy (non-hydrogen) atoms. The highest BCUT2D eigenvalue weighted by atomic mass is 32.1. The molecular formula is C26H26N6S. The summed E-state index contributed by atoms with van der Waals surface area (Å²) in [6, 6.07) is 6.57. The number of nitrogens with zero attached hydrogens (tertiary/aromatic N) is 5. The number of allylic oxidation sites excluding steroid dienone is 1. The molecule has 5 heterocycles. The highest BCUT2D eigenvalue weighted by Crippen LogP contribution is 2.44. The number of thiazole rings is 1. The van der Waals surface area contributed by atoms with Gasteiger partial charge in [-0.15, -0.1) is 11.3 Å². The molecule has 0 atom stereocenters. The lowest BCUT2D eigenvalue weighted by molar-refractivity contribution is 0.199. The van der Waals surface area contributed by atoms with E-state index < -0.39 is 0 Å². The molecule has 2 saturated heterocycles. The SMILES string of the molecule is Cc1cccnc1-c1c(C#N)c(N2CCC3(CNC3)C2)nc2c1CCC(c1scnc1C)=C2. The molecule has 166 valence electrons. The lowest BCUT2D eigenvalue weighted by atomic mass is 9.81. The highest BCUT2D eigenvalue weighted by molar-refractivity contribution is 7.11. The average molecular weight is 455 g/mol. The van der Waals surface area contributed by atoms with Gasteiger partial charge >= 0.3 is 0 Å². The smallest absolute Gasteiger partial charge is 0.147 e. The Kier molecular flexibility index (Phi) is 4.82. The average Bonchev–Trinajstić information content (AvgIpc) is 3.45. The molecule has 0 saturated carbocycles. The molecule has 3 aromatic rings. The Balaban J connectivity index is 1.56. The number of rotatable bonds is 3. The Labute approximate surface area is 198 Å². The van der Waals surface area contributed by atoms with E-state index in [1.54, 1.807) is 11.3 Å². The summed E-state index contributed by atoms with van der Waals surface area (Å²) in [5.74, 6) is 0.818. The minimum atomic E-state index is 0.326. The van der Waals surface area contributed by atoms with Crippen LogP contribution in [0.25, 0.3) is 22.9 Å². The lowest BCUT2D eigenvalue weighted by Gasteiger charge is -2.39. The Hall–Kier alpha value is -3.08. The van der Waals surface area contributed by atoms with Crippen LogP contribution in [0.4, 0.5) is 5.82 Å². The third-order valence-corrected chi connectivity index (χ3v) is 8.40. The Bertz CT molecular complexity index is 1330. The standard InChI is InChI=1S/C26H26N6S/c1-16-4-3-8-29-23(16)22-19-6-5-18(24-17(2)30-15-33-24)10-21(19)31-25(20(22)11-27)32-9-7-26(14-32)12-28-13-26/h3-4,8,10,15,28H,5-7,9,12-14H2,1-2H3. The third-order valence-electron chi connectivity index (χ3n) is 7.40. The fraction of sp³-hybridized carbons (Fsp3) is 0.385. The molecule has 1 spiro atoms. The Morgan fingerprint density at radius 1 is 1.21 bits per heavy atom. The zero-order valence-corrected chi connectivity index (χ0v) is 19.8. The number of hydrogen-bond acceptors (Lipinski definition) is 7. The summed E-state index contributed by atoms with van der Waals surface area (Å²) in [5.41, 5.74) is 10.3. The van der Waals surface area contributed by atoms with Crippen LogP contribution in [0.15, 0.2) is 23.8 Å². The van der Waals surface area contributed by atoms with Gasteiger partial charge in [-0.3, -0.25) is 4.98 Å². The Morgan fingerprint density at radius 2 is 2.09 bits per heavy atom. The molecule has 0 amide bonds. The van der Waals surface area contributed by atoms with Crippen LogP contribution >= 0.6 is 11.3 Å². The normalized spacial score (nSPS) is 18.6. The molecule has 3 aromatic heterocycles. The first-order valence-electron chi connectivity index (χ1n) is 11.5. The van der Waals surface area contributed by atoms with Crippen molar-refractivity contribution in [3.63, 3.8) is 0 Å². The van der Waals surface area contributed by atoms with E-state index in [0.29, 0.717) is 11.0 Å². The molecule has 0 aromatic carbocycles. The summed E-state index contributed by atoms with van der Waals surface area (Å²) in [5, 5.41) is 13.8. The monoisotopic (exact) mass is 454 g/mol. The first-order chi connectivity index (χ1) is 16.1. The largest absolute Gasteiger partial charge is 0.355 e. The van der Waals surface area contributed by atoms with Crippen molar-refractivity contribution < 1.29 is 0 Å². The van der Waals surface area contributed by atoms with Gasteiger partial charge in [-0.2, -0.15) is 5.26 Å². The second-order valence-electron chi connectivity index (χ2n) is 9.54. The number of hydrogen-bond donors (Lipinski definition) is 1. The minimum Gasteiger partial charge on any atom is -0.355 e. The maximum absolute atomic E-state index is 10.4. The van der Waals surface area contributed by atoms with E-state index in [0.717, 1.165) is 85.0 Å². The fourth-order valence-corrected chi connectivity index (χ4v) is 6.37. The highest BCUT2D eigenvalue weighted by Gasteiger charge is 2.44. The number of pyridine rings is 2. The molecule has 2 fully saturated rings. The number of nitriles is 1. The first-order valence-corrected chi connectivity index (χ1v) is 12.4. The number of aromatic nitrogens is 3. The zero-order valence-electron chi connectivity index (χ0n) is 19.0. The van der Waals surface area contributed by atoms with E-state index in [1.807, 2.05) is 17.8 Å². The molecule has 0 radical (unpaired) electrons. The van der Waals surface area contributed by atoms with Crippen molar-refractivity contribution in [3.8, 4) is 17.3 Å². The molecular weight excluding hydrogens is 428 g/mol. The fourth-order valence-electron chi connectivity index (χ4n) is 5.51. The summed E-state index contributed by atoms with van der Waals surface area (Å²) >= 11 is 1.69. The molecule has 7 heteroatoms. The van der Waals surface area contributed by atoms with Crippen molar-refractivity contribution >= 4 is 28.8 Å². The van der Waals surface area contributed by atoms with Crippen LogP contribution in [0.3, 0.4) is 0 Å². The molecule has 6 nitrogen and oxygen atoms in total. The van der Waals surface area contributed by atoms with Gasteiger partial charge in [0.2, 0.25) is 0 Å². The van der Waals surface area contributed by atoms with Gasteiger partial charge in [0.05, 0.1) is 27.5 Å². The molecule has 1 aliphatic carbocycles. The van der Waals surface area contributed by atoms with Gasteiger partial charge in [-0.1, -0.05) is 6.07 Å². The number of aryl methyl sites for hydroxylation is 2. The zero-order chi connectivity index (χ0) is 22.6. The third kappa shape index (κ3) is 3.28. The van der Waals surface area contributed by atoms with Gasteiger partial charge in [-0.25, -0.2) is 9.97 Å². The van der Waals surface area contributed by atoms with Crippen LogP contribution in [0.5, 0.6) is 0 Å². The summed E-state index contributed by atoms with van der Waals surface area (Å²) in [6.45, 7) is 8.14. The van der Waals surface area contributed by atoms with Crippen molar-refractivity contribution in [1.82, 2.24) is 20.3 Å². The van der Waals surface area contributed by atoms with Crippen molar-refractivity contribution in [2.45, 2.75) is 33.1 Å². The van der Waals surface area contributed by atoms with Crippen molar-refractivity contribution in [3.05, 3.63) is 56.8 Å². The van der Waals surface area contributed by atoms with Crippen LogP contribution < -0.4 is 10.2 Å². The lowest BCUT2D eigenvalue weighted by Crippen LogP contribution is -2.54. The van der Waals surface area contributed by atoms with Gasteiger partial charge in [0, 0.05) is 43.4 Å². The molecule has 1 N–H and O–H groups in total. The van der Waals surface area contributed by atoms with Gasteiger partial charge in [0.15, 0.2) is 0 Å². The Morgan fingerprint density at radius 3 is 2.76 bits per heavy atom. The number of anilines is 1. The van der Waals surface area contributed by atoms with Crippen molar-refractivity contribution in [2.75, 3.05) is 31.1 Å². The predicted molar refractivity (Wildman–Crippen MR) is 132 cm³/mol. The maximum atomic E-state index is 10.4. The van der Waals surface area contributed by atoms with Crippen molar-refractivity contribution in [2.24, 2.45) is 5.41 Å². The summed E-state index contributed by atoms with van der Waals surface area (Å²) in [6.07, 6.45) is 6.95. The van der Waals surface area contributed by atoms with E-state index in [9.17, 15) is 5.26 Å². The van der Waals surface area contributed by atoms with Crippen LogP contribution in [0, 0.1) is 30.6 Å². The first kappa shape index (κ1) is 20.5. The van der Waals surface area contributed by atoms with E-state index >= 15 is 0 Å². The maximum Gasteiger partial charge on any atom is 0.147 e. The van der Waals surface area contributed by atoms with Crippen LogP contribution in [-0.4, -0.2) is 41.1 Å². The van der Waals surface area contributed by atoms with E-state index in [-0.39, 0.29) is 0 Å². The van der Waals surface area contributed by atoms with Gasteiger partial charge in [-0.05, 0) is 62.0 Å². The van der Waals surface area contributed by atoms with E-state index in [4.69, 9.17) is 9.97 Å². The van der Waals surface area contributed by atoms with Gasteiger partial charge < -0.3 is 10.2 Å². The van der Waals surface area contributed by atoms with Crippen LogP contribution in [-0.2, 0) is 6.42 Å². The molecule has 2 aliphatic heterocycles. The van der Waals surface area contributed by atoms with Crippen LogP contribution in [0.1, 0.15) is 45.8 Å². The van der Waals surface area contributed by atoms with E-state index in [1.165, 1.54) is 10.5 Å². The quantitative estimate of drug-likeness (QED) is 0.633. The topological polar surface area (TPSA) is 77.7 Å². The van der Waals surface area contributed by atoms with Gasteiger partial charge in [0.1, 0.15) is 17.5 Å². The second kappa shape index (κ2) is 7.75. The minimum absolute atomic E-state index is 0.326. The summed E-state index contributed by atoms with van der Waals surface area (Å²) < 4.78 is 0. The predicted octanol–water partition coefficient (Wildman–Crippen LogP) is 4.38. The van der Waals surface area contributed by atoms with Crippen molar-refractivity contribution in [1.29, 1.82) is 5.26 Å². The second-order valence-corrected chi connectivity index (χ2v) is 10.4. The summed E-state index contributed by atoms with van der Waals surface area (Å²) in [7, 11) is 0. The number of nitrogens with one attached hydrogen (secondary N) is 1. The molecule has 6 rings (SSSR count). The molecule has 0 bridgehead atoms. The van der Waals surface area contributed by atoms with Crippen LogP contribution in [0.2, 0.25) is 0 Å². The molecule has 0 unspecified atom stereocenters. The van der Waals surface area contributed by atoms with E-state index in [2.05, 4.69) is 47.3 Å². The molecule has 3 aliphatic rings. The number of fused-ring (bicyclic) bond motifs is 1. The summed E-state index contributed by atoms with van der Waals surface area (Å²) in [4.78, 5) is 17.9. The van der Waals surface area contributed by atoms with Gasteiger partial charge in [0.25, 0.3) is 0 Å².